The van der Waals surface area contributed by atoms with Crippen molar-refractivity contribution in [3.63, 3.8) is 0 Å². The summed E-state index contributed by atoms with van der Waals surface area (Å²) >= 11 is 0. The lowest BCUT2D eigenvalue weighted by Crippen LogP contribution is -2.48. The Morgan fingerprint density at radius 2 is 1.82 bits per heavy atom. The monoisotopic (exact) mass is 326 g/mol. The van der Waals surface area contributed by atoms with E-state index < -0.39 is 16.1 Å². The van der Waals surface area contributed by atoms with E-state index in [1.807, 2.05) is 19.1 Å². The first-order chi connectivity index (χ1) is 10.3. The second-order valence-corrected chi connectivity index (χ2v) is 7.43. The van der Waals surface area contributed by atoms with Gasteiger partial charge in [0.25, 0.3) is 0 Å². The topological polar surface area (TPSA) is 66.5 Å². The number of rotatable bonds is 8. The molecule has 0 bridgehead atoms. The molecule has 1 N–H and O–H groups in total. The molecule has 1 atom stereocenters. The van der Waals surface area contributed by atoms with E-state index in [4.69, 9.17) is 0 Å². The number of amides is 1. The largest absolute Gasteiger partial charge is 0.354 e. The van der Waals surface area contributed by atoms with E-state index in [2.05, 4.69) is 12.2 Å². The van der Waals surface area contributed by atoms with E-state index in [9.17, 15) is 13.2 Å². The molecule has 1 amide bonds. The first-order valence-electron chi connectivity index (χ1n) is 7.61. The van der Waals surface area contributed by atoms with E-state index >= 15 is 0 Å². The van der Waals surface area contributed by atoms with Crippen molar-refractivity contribution in [3.8, 4) is 0 Å². The molecule has 1 aromatic carbocycles. The molecule has 5 nitrogen and oxygen atoms in total. The zero-order chi connectivity index (χ0) is 16.8. The molecule has 0 radical (unpaired) electrons. The van der Waals surface area contributed by atoms with Crippen LogP contribution >= 0.6 is 0 Å². The van der Waals surface area contributed by atoms with Crippen LogP contribution in [0.3, 0.4) is 0 Å². The molecule has 0 saturated carbocycles. The summed E-state index contributed by atoms with van der Waals surface area (Å²) in [6, 6.07) is 6.33. The Morgan fingerprint density at radius 1 is 1.23 bits per heavy atom. The summed E-state index contributed by atoms with van der Waals surface area (Å²) in [7, 11) is -3.54. The highest BCUT2D eigenvalue weighted by atomic mass is 32.2. The number of nitrogens with zero attached hydrogens (tertiary/aromatic N) is 1. The second-order valence-electron chi connectivity index (χ2n) is 5.57. The van der Waals surface area contributed by atoms with Gasteiger partial charge < -0.3 is 5.32 Å². The maximum absolute atomic E-state index is 12.2. The van der Waals surface area contributed by atoms with Crippen molar-refractivity contribution in [3.05, 3.63) is 29.8 Å². The molecule has 0 heterocycles. The van der Waals surface area contributed by atoms with Gasteiger partial charge in [0.15, 0.2) is 0 Å². The summed E-state index contributed by atoms with van der Waals surface area (Å²) in [6.45, 7) is 6.20. The third-order valence-electron chi connectivity index (χ3n) is 3.46. The Morgan fingerprint density at radius 3 is 2.32 bits per heavy atom. The van der Waals surface area contributed by atoms with Crippen LogP contribution in [0.2, 0.25) is 0 Å². The van der Waals surface area contributed by atoms with E-state index in [0.717, 1.165) is 31.1 Å². The van der Waals surface area contributed by atoms with Crippen molar-refractivity contribution in [2.75, 3.05) is 17.1 Å². The van der Waals surface area contributed by atoms with Crippen molar-refractivity contribution >= 4 is 21.6 Å². The molecule has 22 heavy (non-hydrogen) atoms. The average Bonchev–Trinajstić information content (AvgIpc) is 2.44. The Labute approximate surface area is 133 Å². The van der Waals surface area contributed by atoms with Gasteiger partial charge >= 0.3 is 0 Å². The highest BCUT2D eigenvalue weighted by molar-refractivity contribution is 7.92. The highest BCUT2D eigenvalue weighted by Crippen LogP contribution is 2.21. The summed E-state index contributed by atoms with van der Waals surface area (Å²) < 4.78 is 25.3. The number of nitrogens with one attached hydrogen (secondary N) is 1. The lowest BCUT2D eigenvalue weighted by atomic mass is 10.2. The van der Waals surface area contributed by atoms with Crippen molar-refractivity contribution in [1.29, 1.82) is 0 Å². The van der Waals surface area contributed by atoms with Crippen LogP contribution in [0.15, 0.2) is 24.3 Å². The van der Waals surface area contributed by atoms with E-state index in [-0.39, 0.29) is 5.91 Å². The summed E-state index contributed by atoms with van der Waals surface area (Å²) in [5, 5.41) is 2.81. The van der Waals surface area contributed by atoms with Gasteiger partial charge in [-0.1, -0.05) is 37.5 Å². The van der Waals surface area contributed by atoms with Crippen molar-refractivity contribution in [1.82, 2.24) is 5.32 Å². The number of sulfonamides is 1. The highest BCUT2D eigenvalue weighted by Gasteiger charge is 2.28. The number of carbonyl (C=O) groups is 1. The SMILES string of the molecule is CCCCCNC(=O)[C@@H](C)N(c1ccc(C)cc1)S(C)(=O)=O. The van der Waals surface area contributed by atoms with E-state index in [0.29, 0.717) is 12.2 Å². The van der Waals surface area contributed by atoms with Gasteiger partial charge in [0.05, 0.1) is 11.9 Å². The zero-order valence-corrected chi connectivity index (χ0v) is 14.6. The predicted octanol–water partition coefficient (Wildman–Crippen LogP) is 2.46. The maximum atomic E-state index is 12.2. The summed E-state index contributed by atoms with van der Waals surface area (Å²) in [6.07, 6.45) is 4.14. The van der Waals surface area contributed by atoms with Gasteiger partial charge in [-0.05, 0) is 32.4 Å². The predicted molar refractivity (Wildman–Crippen MR) is 90.5 cm³/mol. The number of aryl methyl sites for hydroxylation is 1. The van der Waals surface area contributed by atoms with Crippen molar-refractivity contribution in [2.24, 2.45) is 0 Å². The van der Waals surface area contributed by atoms with Gasteiger partial charge in [-0.2, -0.15) is 0 Å². The lowest BCUT2D eigenvalue weighted by Gasteiger charge is -2.28. The number of hydrogen-bond donors (Lipinski definition) is 1. The molecule has 0 fully saturated rings. The molecule has 0 aliphatic carbocycles. The van der Waals surface area contributed by atoms with Gasteiger partial charge in [-0.3, -0.25) is 9.10 Å². The first kappa shape index (κ1) is 18.5. The van der Waals surface area contributed by atoms with Crippen LogP contribution in [-0.4, -0.2) is 33.2 Å². The minimum Gasteiger partial charge on any atom is -0.354 e. The second kappa shape index (κ2) is 8.17. The number of unbranched alkanes of at least 4 members (excludes halogenated alkanes) is 2. The maximum Gasteiger partial charge on any atom is 0.243 e. The van der Waals surface area contributed by atoms with Crippen LogP contribution < -0.4 is 9.62 Å². The van der Waals surface area contributed by atoms with Crippen LogP contribution in [-0.2, 0) is 14.8 Å². The van der Waals surface area contributed by atoms with Gasteiger partial charge in [0, 0.05) is 6.54 Å². The molecular formula is C16H26N2O3S. The Balaban J connectivity index is 2.88. The lowest BCUT2D eigenvalue weighted by molar-refractivity contribution is -0.121. The molecule has 0 saturated heterocycles. The Kier molecular flexibility index (Phi) is 6.87. The van der Waals surface area contributed by atoms with Crippen LogP contribution in [0, 0.1) is 6.92 Å². The minimum atomic E-state index is -3.54. The van der Waals surface area contributed by atoms with Crippen molar-refractivity contribution in [2.45, 2.75) is 46.1 Å². The molecule has 124 valence electrons. The Bertz CT molecular complexity index is 582. The third kappa shape index (κ3) is 5.33. The number of hydrogen-bond acceptors (Lipinski definition) is 3. The van der Waals surface area contributed by atoms with Crippen LogP contribution in [0.1, 0.15) is 38.7 Å². The summed E-state index contributed by atoms with van der Waals surface area (Å²) in [4.78, 5) is 12.2. The van der Waals surface area contributed by atoms with Crippen LogP contribution in [0.25, 0.3) is 0 Å². The molecule has 0 spiro atoms. The quantitative estimate of drug-likeness (QED) is 0.746. The fourth-order valence-corrected chi connectivity index (χ4v) is 3.41. The standard InChI is InChI=1S/C16H26N2O3S/c1-5-6-7-12-17-16(19)14(3)18(22(4,20)21)15-10-8-13(2)9-11-15/h8-11,14H,5-7,12H2,1-4H3,(H,17,19)/t14-/m1/s1. The number of benzene rings is 1. The average molecular weight is 326 g/mol. The number of anilines is 1. The smallest absolute Gasteiger partial charge is 0.243 e. The van der Waals surface area contributed by atoms with Gasteiger partial charge in [0.1, 0.15) is 6.04 Å². The first-order valence-corrected chi connectivity index (χ1v) is 9.46. The van der Waals surface area contributed by atoms with Crippen molar-refractivity contribution < 1.29 is 13.2 Å². The van der Waals surface area contributed by atoms with E-state index in [1.165, 1.54) is 4.31 Å². The van der Waals surface area contributed by atoms with Gasteiger partial charge in [-0.25, -0.2) is 8.42 Å². The minimum absolute atomic E-state index is 0.276. The van der Waals surface area contributed by atoms with Crippen LogP contribution in [0.4, 0.5) is 5.69 Å². The summed E-state index contributed by atoms with van der Waals surface area (Å²) in [5.41, 5.74) is 1.54. The molecule has 6 heteroatoms. The summed E-state index contributed by atoms with van der Waals surface area (Å²) in [5.74, 6) is -0.276. The molecule has 0 aromatic heterocycles. The van der Waals surface area contributed by atoms with Gasteiger partial charge in [-0.15, -0.1) is 0 Å². The Hall–Kier alpha value is -1.56. The molecule has 0 aliphatic heterocycles. The normalized spacial score (nSPS) is 12.7. The van der Waals surface area contributed by atoms with Gasteiger partial charge in [0.2, 0.25) is 15.9 Å². The fraction of sp³-hybridized carbons (Fsp3) is 0.562. The molecule has 1 rings (SSSR count). The van der Waals surface area contributed by atoms with E-state index in [1.54, 1.807) is 19.1 Å². The molecule has 1 aromatic rings. The number of carbonyl (C=O) groups excluding carboxylic acids is 1. The molecule has 0 unspecified atom stereocenters. The van der Waals surface area contributed by atoms with Crippen LogP contribution in [0.5, 0.6) is 0 Å². The third-order valence-corrected chi connectivity index (χ3v) is 4.70. The fourth-order valence-electron chi connectivity index (χ4n) is 2.23. The molecule has 0 aliphatic rings. The molecular weight excluding hydrogens is 300 g/mol. The zero-order valence-electron chi connectivity index (χ0n) is 13.8.